The van der Waals surface area contributed by atoms with E-state index >= 15 is 0 Å². The molecule has 22 heavy (non-hydrogen) atoms. The molecule has 0 aromatic heterocycles. The third-order valence-corrected chi connectivity index (χ3v) is 4.25. The second-order valence-corrected chi connectivity index (χ2v) is 5.99. The first kappa shape index (κ1) is 16.4. The number of hydrogen-bond acceptors (Lipinski definition) is 2. The van der Waals surface area contributed by atoms with Crippen molar-refractivity contribution >= 4 is 17.7 Å². The van der Waals surface area contributed by atoms with Gasteiger partial charge in [-0.25, -0.2) is 0 Å². The molecule has 114 valence electrons. The predicted molar refractivity (Wildman–Crippen MR) is 92.8 cm³/mol. The Hall–Kier alpha value is -2.00. The zero-order valence-electron chi connectivity index (χ0n) is 12.4. The Morgan fingerprint density at radius 1 is 1.00 bits per heavy atom. The highest BCUT2D eigenvalue weighted by Gasteiger charge is 2.13. The maximum absolute atomic E-state index is 11.3. The minimum atomic E-state index is -0.757. The number of aliphatic carboxylic acids is 1. The first-order valence-electron chi connectivity index (χ1n) is 7.34. The number of benzene rings is 2. The van der Waals surface area contributed by atoms with E-state index in [1.165, 1.54) is 11.1 Å². The average Bonchev–Trinajstić information content (AvgIpc) is 2.55. The van der Waals surface area contributed by atoms with Gasteiger partial charge < -0.3 is 5.11 Å². The van der Waals surface area contributed by atoms with E-state index in [0.717, 1.165) is 12.2 Å². The number of thioether (sulfide) groups is 1. The van der Waals surface area contributed by atoms with Crippen LogP contribution in [0.2, 0.25) is 0 Å². The number of carbonyl (C=O) groups is 1. The molecular formula is C19H20O2S. The lowest BCUT2D eigenvalue weighted by Gasteiger charge is -2.07. The van der Waals surface area contributed by atoms with Crippen LogP contribution in [0.15, 0.2) is 72.1 Å². The molecule has 0 saturated heterocycles. The smallest absolute Gasteiger partial charge is 0.310 e. The molecule has 0 aliphatic rings. The Bertz CT molecular complexity index is 593. The molecule has 2 aromatic rings. The van der Waals surface area contributed by atoms with Crippen LogP contribution in [-0.4, -0.2) is 11.1 Å². The zero-order chi connectivity index (χ0) is 15.6. The first-order chi connectivity index (χ1) is 10.8. The van der Waals surface area contributed by atoms with Crippen LogP contribution < -0.4 is 0 Å². The maximum atomic E-state index is 11.3. The van der Waals surface area contributed by atoms with Gasteiger partial charge >= 0.3 is 5.97 Å². The van der Waals surface area contributed by atoms with Gasteiger partial charge in [-0.15, -0.1) is 11.8 Å². The van der Waals surface area contributed by atoms with Crippen LogP contribution >= 0.6 is 11.8 Å². The molecule has 1 N–H and O–H groups in total. The van der Waals surface area contributed by atoms with Gasteiger partial charge in [-0.3, -0.25) is 4.79 Å². The summed E-state index contributed by atoms with van der Waals surface area (Å²) >= 11 is 1.63. The molecule has 3 heteroatoms. The van der Waals surface area contributed by atoms with Gasteiger partial charge in [0, 0.05) is 5.75 Å². The Balaban J connectivity index is 1.81. The average molecular weight is 312 g/mol. The van der Waals surface area contributed by atoms with Gasteiger partial charge in [-0.05, 0) is 29.4 Å². The highest BCUT2D eigenvalue weighted by atomic mass is 32.2. The van der Waals surface area contributed by atoms with Crippen molar-refractivity contribution < 1.29 is 9.90 Å². The van der Waals surface area contributed by atoms with Crippen LogP contribution in [0.1, 0.15) is 17.5 Å². The molecule has 0 fully saturated rings. The van der Waals surface area contributed by atoms with Gasteiger partial charge in [0.05, 0.1) is 5.92 Å². The molecule has 2 nitrogen and oxygen atoms in total. The number of carboxylic acids is 1. The van der Waals surface area contributed by atoms with E-state index in [4.69, 9.17) is 0 Å². The summed E-state index contributed by atoms with van der Waals surface area (Å²) in [5, 5.41) is 11.2. The lowest BCUT2D eigenvalue weighted by Crippen LogP contribution is -2.11. The van der Waals surface area contributed by atoms with Crippen LogP contribution in [0.4, 0.5) is 0 Å². The van der Waals surface area contributed by atoms with Crippen molar-refractivity contribution in [3.05, 3.63) is 83.3 Å². The maximum Gasteiger partial charge on any atom is 0.310 e. The molecule has 0 amide bonds. The monoisotopic (exact) mass is 312 g/mol. The fourth-order valence-electron chi connectivity index (χ4n) is 2.14. The van der Waals surface area contributed by atoms with Crippen molar-refractivity contribution in [3.63, 3.8) is 0 Å². The molecule has 0 saturated carbocycles. The molecule has 0 heterocycles. The zero-order valence-corrected chi connectivity index (χ0v) is 13.2. The largest absolute Gasteiger partial charge is 0.481 e. The lowest BCUT2D eigenvalue weighted by molar-refractivity contribution is -0.140. The van der Waals surface area contributed by atoms with E-state index < -0.39 is 11.9 Å². The van der Waals surface area contributed by atoms with Crippen LogP contribution in [0.25, 0.3) is 0 Å². The van der Waals surface area contributed by atoms with Crippen molar-refractivity contribution in [1.29, 1.82) is 0 Å². The number of rotatable bonds is 8. The lowest BCUT2D eigenvalue weighted by atomic mass is 10.00. The second-order valence-electron chi connectivity index (χ2n) is 5.09. The summed E-state index contributed by atoms with van der Waals surface area (Å²) in [6.07, 6.45) is 3.21. The number of aryl methyl sites for hydroxylation is 1. The Morgan fingerprint density at radius 3 is 2.18 bits per heavy atom. The van der Waals surface area contributed by atoms with E-state index in [2.05, 4.69) is 12.1 Å². The molecule has 1 unspecified atom stereocenters. The molecule has 0 radical (unpaired) electrons. The van der Waals surface area contributed by atoms with Crippen molar-refractivity contribution in [1.82, 2.24) is 0 Å². The van der Waals surface area contributed by atoms with Crippen molar-refractivity contribution in [3.8, 4) is 0 Å². The first-order valence-corrected chi connectivity index (χ1v) is 8.39. The van der Waals surface area contributed by atoms with Crippen LogP contribution in [0.5, 0.6) is 0 Å². The van der Waals surface area contributed by atoms with Crippen LogP contribution in [0.3, 0.4) is 0 Å². The van der Waals surface area contributed by atoms with E-state index in [0.29, 0.717) is 6.42 Å². The van der Waals surface area contributed by atoms with E-state index in [1.807, 2.05) is 53.9 Å². The highest BCUT2D eigenvalue weighted by molar-refractivity contribution is 8.01. The number of carboxylic acid groups (broad SMARTS) is 1. The van der Waals surface area contributed by atoms with Gasteiger partial charge in [-0.2, -0.15) is 0 Å². The summed E-state index contributed by atoms with van der Waals surface area (Å²) in [4.78, 5) is 11.3. The third kappa shape index (κ3) is 5.78. The van der Waals surface area contributed by atoms with Gasteiger partial charge in [0.25, 0.3) is 0 Å². The summed E-state index contributed by atoms with van der Waals surface area (Å²) in [5.41, 5.74) is 2.42. The predicted octanol–water partition coefficient (Wildman–Crippen LogP) is 4.77. The summed E-state index contributed by atoms with van der Waals surface area (Å²) < 4.78 is 0. The highest BCUT2D eigenvalue weighted by Crippen LogP contribution is 2.17. The Morgan fingerprint density at radius 2 is 1.59 bits per heavy atom. The van der Waals surface area contributed by atoms with Crippen LogP contribution in [-0.2, 0) is 17.0 Å². The minimum Gasteiger partial charge on any atom is -0.481 e. The van der Waals surface area contributed by atoms with Gasteiger partial charge in [0.2, 0.25) is 0 Å². The normalized spacial score (nSPS) is 12.4. The fraction of sp³-hybridized carbons (Fsp3) is 0.211. The standard InChI is InChI=1S/C19H20O2S/c20-19(21)18(12-11-16-7-3-1-4-8-16)13-14-22-15-17-9-5-2-6-10-17/h1-10,13-14,18H,11-12,15H2,(H,20,21)/b14-13-. The molecule has 0 spiro atoms. The molecule has 0 bridgehead atoms. The van der Waals surface area contributed by atoms with Gasteiger partial charge in [0.15, 0.2) is 0 Å². The molecule has 2 aromatic carbocycles. The number of hydrogen-bond donors (Lipinski definition) is 1. The van der Waals surface area contributed by atoms with E-state index in [-0.39, 0.29) is 0 Å². The van der Waals surface area contributed by atoms with Crippen LogP contribution in [0, 0.1) is 5.92 Å². The van der Waals surface area contributed by atoms with Gasteiger partial charge in [0.1, 0.15) is 0 Å². The fourth-order valence-corrected chi connectivity index (χ4v) is 2.92. The van der Waals surface area contributed by atoms with Crippen molar-refractivity contribution in [2.24, 2.45) is 5.92 Å². The summed E-state index contributed by atoms with van der Waals surface area (Å²) in [5.74, 6) is -0.321. The minimum absolute atomic E-state index is 0.427. The molecule has 0 aliphatic heterocycles. The SMILES string of the molecule is O=C(O)C(/C=C\SCc1ccccc1)CCc1ccccc1. The summed E-state index contributed by atoms with van der Waals surface area (Å²) in [7, 11) is 0. The summed E-state index contributed by atoms with van der Waals surface area (Å²) in [6, 6.07) is 20.2. The quantitative estimate of drug-likeness (QED) is 0.763. The summed E-state index contributed by atoms with van der Waals surface area (Å²) in [6.45, 7) is 0. The Labute approximate surface area is 135 Å². The molecule has 2 rings (SSSR count). The van der Waals surface area contributed by atoms with E-state index in [9.17, 15) is 9.90 Å². The molecule has 1 atom stereocenters. The Kier molecular flexibility index (Phi) is 6.78. The third-order valence-electron chi connectivity index (χ3n) is 3.40. The van der Waals surface area contributed by atoms with Crippen molar-refractivity contribution in [2.45, 2.75) is 18.6 Å². The molecular weight excluding hydrogens is 292 g/mol. The topological polar surface area (TPSA) is 37.3 Å². The second kappa shape index (κ2) is 9.11. The molecule has 0 aliphatic carbocycles. The van der Waals surface area contributed by atoms with Crippen molar-refractivity contribution in [2.75, 3.05) is 0 Å². The van der Waals surface area contributed by atoms with E-state index in [1.54, 1.807) is 17.8 Å². The van der Waals surface area contributed by atoms with Gasteiger partial charge in [-0.1, -0.05) is 66.7 Å².